The van der Waals surface area contributed by atoms with Crippen LogP contribution in [0.5, 0.6) is 5.75 Å². The zero-order chi connectivity index (χ0) is 24.6. The molecule has 168 valence electrons. The molecule has 0 aliphatic heterocycles. The molecule has 9 nitrogen and oxygen atoms in total. The Labute approximate surface area is 185 Å². The third-order valence-corrected chi connectivity index (χ3v) is 4.03. The first-order chi connectivity index (χ1) is 15.6. The smallest absolute Gasteiger partial charge is 0.490 e. The van der Waals surface area contributed by atoms with Crippen molar-refractivity contribution in [1.29, 1.82) is 10.5 Å². The molecule has 0 aliphatic rings. The summed E-state index contributed by atoms with van der Waals surface area (Å²) in [5.74, 6) is -2.35. The topological polar surface area (TPSA) is 169 Å². The number of nitrogens with two attached hydrogens (primary N) is 1. The van der Waals surface area contributed by atoms with Crippen molar-refractivity contribution in [3.63, 3.8) is 0 Å². The van der Waals surface area contributed by atoms with E-state index < -0.39 is 12.1 Å². The Balaban J connectivity index is 0.000000479. The average Bonchev–Trinajstić information content (AvgIpc) is 2.78. The van der Waals surface area contributed by atoms with Crippen molar-refractivity contribution in [2.45, 2.75) is 12.7 Å². The number of alkyl halides is 3. The van der Waals surface area contributed by atoms with Crippen molar-refractivity contribution in [2.75, 3.05) is 11.1 Å². The Morgan fingerprint density at radius 1 is 1.12 bits per heavy atom. The molecular formula is C21H15F3N6O3. The second-order valence-corrected chi connectivity index (χ2v) is 6.26. The predicted octanol–water partition coefficient (Wildman–Crippen LogP) is 3.42. The highest BCUT2D eigenvalue weighted by Crippen LogP contribution is 2.34. The van der Waals surface area contributed by atoms with Crippen LogP contribution in [0.4, 0.5) is 24.8 Å². The minimum absolute atomic E-state index is 0.0308. The fourth-order valence-corrected chi connectivity index (χ4v) is 2.56. The number of aromatic hydroxyl groups is 1. The zero-order valence-electron chi connectivity index (χ0n) is 16.6. The number of phenols is 1. The number of rotatable bonds is 4. The molecule has 0 bridgehead atoms. The molecule has 33 heavy (non-hydrogen) atoms. The summed E-state index contributed by atoms with van der Waals surface area (Å²) in [5, 5.41) is 38.9. The van der Waals surface area contributed by atoms with Crippen LogP contribution in [0.3, 0.4) is 0 Å². The molecule has 0 unspecified atom stereocenters. The fourth-order valence-electron chi connectivity index (χ4n) is 2.56. The van der Waals surface area contributed by atoms with E-state index in [-0.39, 0.29) is 28.5 Å². The Hall–Kier alpha value is -4.84. The normalized spacial score (nSPS) is 10.2. The molecule has 2 aromatic heterocycles. The number of carboxylic acids is 1. The monoisotopic (exact) mass is 456 g/mol. The SMILES string of the molecule is N#Cc1c(N)nc(NCc2cccnc2)c(C#N)c1-c1ccc(O)cc1.O=C(O)C(F)(F)F. The number of carbonyl (C=O) groups is 1. The summed E-state index contributed by atoms with van der Waals surface area (Å²) in [6.07, 6.45) is -1.71. The van der Waals surface area contributed by atoms with Crippen LogP contribution in [0.15, 0.2) is 48.8 Å². The van der Waals surface area contributed by atoms with E-state index in [4.69, 9.17) is 15.6 Å². The Morgan fingerprint density at radius 2 is 1.73 bits per heavy atom. The minimum Gasteiger partial charge on any atom is -0.508 e. The van der Waals surface area contributed by atoms with Crippen LogP contribution in [0.25, 0.3) is 11.1 Å². The first kappa shape index (κ1) is 24.4. The molecular weight excluding hydrogens is 441 g/mol. The third-order valence-electron chi connectivity index (χ3n) is 4.03. The van der Waals surface area contributed by atoms with Gasteiger partial charge in [0, 0.05) is 24.5 Å². The lowest BCUT2D eigenvalue weighted by Crippen LogP contribution is -2.21. The summed E-state index contributed by atoms with van der Waals surface area (Å²) < 4.78 is 31.7. The van der Waals surface area contributed by atoms with Gasteiger partial charge in [0.1, 0.15) is 40.7 Å². The second kappa shape index (κ2) is 10.5. The minimum atomic E-state index is -5.08. The first-order valence-corrected chi connectivity index (χ1v) is 8.94. The molecule has 0 spiro atoms. The van der Waals surface area contributed by atoms with E-state index in [1.807, 2.05) is 18.2 Å². The Morgan fingerprint density at radius 3 is 2.21 bits per heavy atom. The number of nitriles is 2. The van der Waals surface area contributed by atoms with Gasteiger partial charge in [0.05, 0.1) is 0 Å². The fraction of sp³-hybridized carbons (Fsp3) is 0.0952. The number of nitrogens with one attached hydrogen (secondary N) is 1. The molecule has 0 amide bonds. The zero-order valence-corrected chi connectivity index (χ0v) is 16.6. The summed E-state index contributed by atoms with van der Waals surface area (Å²) >= 11 is 0. The number of halogens is 3. The summed E-state index contributed by atoms with van der Waals surface area (Å²) in [5.41, 5.74) is 8.17. The van der Waals surface area contributed by atoms with Crippen LogP contribution in [-0.2, 0) is 11.3 Å². The van der Waals surface area contributed by atoms with Crippen molar-refractivity contribution in [1.82, 2.24) is 9.97 Å². The number of pyridine rings is 2. The van der Waals surface area contributed by atoms with E-state index >= 15 is 0 Å². The molecule has 1 aromatic carbocycles. The molecule has 0 fully saturated rings. The highest BCUT2D eigenvalue weighted by atomic mass is 19.4. The first-order valence-electron chi connectivity index (χ1n) is 8.94. The van der Waals surface area contributed by atoms with Gasteiger partial charge in [-0.1, -0.05) is 18.2 Å². The molecule has 0 aliphatic carbocycles. The number of hydrogen-bond acceptors (Lipinski definition) is 8. The lowest BCUT2D eigenvalue weighted by molar-refractivity contribution is -0.192. The number of hydrogen-bond donors (Lipinski definition) is 4. The molecule has 0 saturated carbocycles. The second-order valence-electron chi connectivity index (χ2n) is 6.26. The van der Waals surface area contributed by atoms with E-state index in [0.717, 1.165) is 5.56 Å². The highest BCUT2D eigenvalue weighted by Gasteiger charge is 2.38. The van der Waals surface area contributed by atoms with Crippen LogP contribution >= 0.6 is 0 Å². The van der Waals surface area contributed by atoms with Gasteiger partial charge in [-0.3, -0.25) is 4.98 Å². The lowest BCUT2D eigenvalue weighted by atomic mass is 9.96. The van der Waals surface area contributed by atoms with Gasteiger partial charge in [-0.05, 0) is 29.3 Å². The number of nitrogen functional groups attached to an aromatic ring is 1. The van der Waals surface area contributed by atoms with Crippen molar-refractivity contribution in [2.24, 2.45) is 0 Å². The summed E-state index contributed by atoms with van der Waals surface area (Å²) in [4.78, 5) is 17.1. The molecule has 0 radical (unpaired) electrons. The summed E-state index contributed by atoms with van der Waals surface area (Å²) in [6.45, 7) is 0.399. The van der Waals surface area contributed by atoms with Crippen LogP contribution in [-0.4, -0.2) is 32.3 Å². The van der Waals surface area contributed by atoms with E-state index in [1.165, 1.54) is 12.1 Å². The van der Waals surface area contributed by atoms with Crippen molar-refractivity contribution >= 4 is 17.6 Å². The maximum atomic E-state index is 10.6. The molecule has 2 heterocycles. The lowest BCUT2D eigenvalue weighted by Gasteiger charge is -2.14. The number of benzene rings is 1. The molecule has 0 saturated heterocycles. The van der Waals surface area contributed by atoms with E-state index in [1.54, 1.807) is 24.5 Å². The molecule has 3 aromatic rings. The standard InChI is InChI=1S/C19H14N6O.C2HF3O2/c20-8-15-17(13-3-5-14(26)6-4-13)16(9-21)19(25-18(15)22)24-11-12-2-1-7-23-10-12;3-2(4,5)1(6)7/h1-7,10,26H,11H2,(H3,22,24,25);(H,6,7). The van der Waals surface area contributed by atoms with Gasteiger partial charge >= 0.3 is 12.1 Å². The van der Waals surface area contributed by atoms with Crippen molar-refractivity contribution in [3.05, 3.63) is 65.5 Å². The number of nitrogens with zero attached hydrogens (tertiary/aromatic N) is 4. The van der Waals surface area contributed by atoms with Gasteiger partial charge in [0.15, 0.2) is 0 Å². The van der Waals surface area contributed by atoms with Gasteiger partial charge in [-0.15, -0.1) is 0 Å². The van der Waals surface area contributed by atoms with Crippen LogP contribution in [0, 0.1) is 22.7 Å². The molecule has 3 rings (SSSR count). The number of phenolic OH excluding ortho intramolecular Hbond substituents is 1. The summed E-state index contributed by atoms with van der Waals surface area (Å²) in [7, 11) is 0. The molecule has 12 heteroatoms. The van der Waals surface area contributed by atoms with E-state index in [0.29, 0.717) is 17.7 Å². The van der Waals surface area contributed by atoms with E-state index in [9.17, 15) is 28.8 Å². The molecule has 5 N–H and O–H groups in total. The van der Waals surface area contributed by atoms with E-state index in [2.05, 4.69) is 21.4 Å². The Kier molecular flexibility index (Phi) is 7.74. The average molecular weight is 456 g/mol. The number of aromatic nitrogens is 2. The number of aliphatic carboxylic acids is 1. The largest absolute Gasteiger partial charge is 0.508 e. The number of anilines is 2. The van der Waals surface area contributed by atoms with Crippen molar-refractivity contribution < 1.29 is 28.2 Å². The van der Waals surface area contributed by atoms with Crippen molar-refractivity contribution in [3.8, 4) is 29.0 Å². The van der Waals surface area contributed by atoms with Crippen LogP contribution in [0.2, 0.25) is 0 Å². The maximum Gasteiger partial charge on any atom is 0.490 e. The van der Waals surface area contributed by atoms with Gasteiger partial charge in [-0.2, -0.15) is 23.7 Å². The quantitative estimate of drug-likeness (QED) is 0.459. The number of carboxylic acid groups (broad SMARTS) is 1. The highest BCUT2D eigenvalue weighted by molar-refractivity contribution is 5.85. The van der Waals surface area contributed by atoms with Gasteiger partial charge in [-0.25, -0.2) is 9.78 Å². The predicted molar refractivity (Wildman–Crippen MR) is 110 cm³/mol. The van der Waals surface area contributed by atoms with Gasteiger partial charge < -0.3 is 21.3 Å². The summed E-state index contributed by atoms with van der Waals surface area (Å²) in [6, 6.07) is 14.0. The van der Waals surface area contributed by atoms with Crippen LogP contribution < -0.4 is 11.1 Å². The third kappa shape index (κ3) is 6.32. The van der Waals surface area contributed by atoms with Gasteiger partial charge in [0.2, 0.25) is 0 Å². The maximum absolute atomic E-state index is 10.6. The Bertz CT molecular complexity index is 1220. The van der Waals surface area contributed by atoms with Gasteiger partial charge in [0.25, 0.3) is 0 Å². The van der Waals surface area contributed by atoms with Crippen LogP contribution in [0.1, 0.15) is 16.7 Å². The molecule has 0 atom stereocenters.